The lowest BCUT2D eigenvalue weighted by molar-refractivity contribution is -0.301. The summed E-state index contributed by atoms with van der Waals surface area (Å²) in [6.07, 6.45) is -7.15. The highest BCUT2D eigenvalue weighted by Crippen LogP contribution is 2.26. The van der Waals surface area contributed by atoms with E-state index in [4.69, 9.17) is 25.8 Å². The summed E-state index contributed by atoms with van der Waals surface area (Å²) < 4.78 is 17.7. The molecule has 1 aliphatic rings. The number of ether oxygens (including phenoxy) is 3. The minimum Gasteiger partial charge on any atom is -0.490 e. The largest absolute Gasteiger partial charge is 0.490 e. The van der Waals surface area contributed by atoms with Gasteiger partial charge in [-0.2, -0.15) is 5.10 Å². The van der Waals surface area contributed by atoms with Crippen molar-refractivity contribution in [1.29, 1.82) is 0 Å². The number of hydrogen-bond acceptors (Lipinski definition) is 10. The average Bonchev–Trinajstić information content (AvgIpc) is 2.87. The Morgan fingerprint density at radius 1 is 1.06 bits per heavy atom. The number of hydrogen-bond donors (Lipinski definition) is 5. The molecule has 192 valence electrons. The van der Waals surface area contributed by atoms with E-state index in [-0.39, 0.29) is 24.3 Å². The molecular formula is C23H23ClN2O10. The first kappa shape index (κ1) is 26.0. The van der Waals surface area contributed by atoms with Gasteiger partial charge in [0, 0.05) is 5.02 Å². The molecule has 4 rings (SSSR count). The molecule has 0 aliphatic carbocycles. The molecule has 0 saturated carbocycles. The first-order valence-electron chi connectivity index (χ1n) is 10.8. The van der Waals surface area contributed by atoms with Crippen LogP contribution in [-0.2, 0) is 9.47 Å². The van der Waals surface area contributed by atoms with Gasteiger partial charge in [0.1, 0.15) is 36.8 Å². The van der Waals surface area contributed by atoms with Gasteiger partial charge in [-0.3, -0.25) is 4.79 Å². The number of carbonyl (C=O) groups is 1. The Balaban J connectivity index is 1.58. The van der Waals surface area contributed by atoms with Crippen LogP contribution < -0.4 is 10.2 Å². The van der Waals surface area contributed by atoms with Crippen molar-refractivity contribution in [3.63, 3.8) is 0 Å². The number of carboxylic acid groups (broad SMARTS) is 1. The molecule has 36 heavy (non-hydrogen) atoms. The molecule has 1 saturated heterocycles. The number of halogens is 1. The van der Waals surface area contributed by atoms with Crippen molar-refractivity contribution < 1.29 is 44.5 Å². The van der Waals surface area contributed by atoms with E-state index in [9.17, 15) is 35.1 Å². The van der Waals surface area contributed by atoms with Crippen LogP contribution in [0.4, 0.5) is 0 Å². The molecule has 1 fully saturated rings. The van der Waals surface area contributed by atoms with E-state index in [0.717, 1.165) is 0 Å². The van der Waals surface area contributed by atoms with E-state index in [1.54, 1.807) is 36.4 Å². The summed E-state index contributed by atoms with van der Waals surface area (Å²) in [5.74, 6) is -1.44. The Labute approximate surface area is 208 Å². The number of benzene rings is 2. The van der Waals surface area contributed by atoms with Crippen LogP contribution in [0.1, 0.15) is 10.5 Å². The predicted octanol–water partition coefficient (Wildman–Crippen LogP) is -0.0674. The molecule has 0 amide bonds. The number of nitrogens with zero attached hydrogens (tertiary/aromatic N) is 2. The maximum atomic E-state index is 13.0. The number of aliphatic hydroxyl groups is 4. The standard InChI is InChI=1S/C23H23ClN2O10/c24-11-4-6-12(7-5-11)26-13-2-1-3-14(16(13)19(29)17(25-26)22(32)33)34-8-9-35-23-21(31)20(30)18(28)15(10-27)36-23/h1-7,15,18,20-21,23,27-28,30-31H,8-10H2,(H,32,33)/t15-,18-,20+,21-,23-/m1/s1. The molecule has 1 aliphatic heterocycles. The molecule has 0 spiro atoms. The first-order chi connectivity index (χ1) is 17.2. The van der Waals surface area contributed by atoms with Crippen LogP contribution in [0.5, 0.6) is 5.75 Å². The molecule has 1 aromatic heterocycles. The van der Waals surface area contributed by atoms with E-state index < -0.39 is 54.4 Å². The number of rotatable bonds is 8. The maximum Gasteiger partial charge on any atom is 0.360 e. The van der Waals surface area contributed by atoms with Crippen LogP contribution in [0, 0.1) is 0 Å². The molecule has 2 aromatic carbocycles. The fourth-order valence-corrected chi connectivity index (χ4v) is 3.93. The van der Waals surface area contributed by atoms with Crippen LogP contribution in [0.25, 0.3) is 16.6 Å². The monoisotopic (exact) mass is 522 g/mol. The van der Waals surface area contributed by atoms with Crippen molar-refractivity contribution in [2.24, 2.45) is 0 Å². The van der Waals surface area contributed by atoms with Crippen molar-refractivity contribution in [2.75, 3.05) is 19.8 Å². The molecule has 3 aromatic rings. The zero-order valence-electron chi connectivity index (χ0n) is 18.6. The average molecular weight is 523 g/mol. The second-order valence-corrected chi connectivity index (χ2v) is 8.37. The highest BCUT2D eigenvalue weighted by molar-refractivity contribution is 6.30. The molecule has 0 bridgehead atoms. The number of aromatic carboxylic acids is 1. The molecule has 0 radical (unpaired) electrons. The Morgan fingerprint density at radius 2 is 1.78 bits per heavy atom. The summed E-state index contributed by atoms with van der Waals surface area (Å²) in [6.45, 7) is -0.933. The minimum absolute atomic E-state index is 0.0207. The second-order valence-electron chi connectivity index (χ2n) is 7.94. The van der Waals surface area contributed by atoms with Crippen LogP contribution >= 0.6 is 11.6 Å². The predicted molar refractivity (Wildman–Crippen MR) is 125 cm³/mol. The van der Waals surface area contributed by atoms with Crippen molar-refractivity contribution >= 4 is 28.5 Å². The third-order valence-electron chi connectivity index (χ3n) is 5.62. The van der Waals surface area contributed by atoms with Crippen LogP contribution in [0.2, 0.25) is 5.02 Å². The smallest absolute Gasteiger partial charge is 0.360 e. The Morgan fingerprint density at radius 3 is 2.44 bits per heavy atom. The third kappa shape index (κ3) is 5.06. The van der Waals surface area contributed by atoms with Gasteiger partial charge in [0.05, 0.1) is 29.8 Å². The molecular weight excluding hydrogens is 500 g/mol. The van der Waals surface area contributed by atoms with Gasteiger partial charge < -0.3 is 39.7 Å². The topological polar surface area (TPSA) is 181 Å². The van der Waals surface area contributed by atoms with E-state index in [1.807, 2.05) is 0 Å². The molecule has 2 heterocycles. The Bertz CT molecular complexity index is 1300. The summed E-state index contributed by atoms with van der Waals surface area (Å²) >= 11 is 5.95. The third-order valence-corrected chi connectivity index (χ3v) is 5.87. The zero-order valence-corrected chi connectivity index (χ0v) is 19.4. The van der Waals surface area contributed by atoms with Gasteiger partial charge in [0.15, 0.2) is 6.29 Å². The van der Waals surface area contributed by atoms with Crippen molar-refractivity contribution in [3.8, 4) is 11.4 Å². The van der Waals surface area contributed by atoms with Gasteiger partial charge in [-0.25, -0.2) is 9.48 Å². The van der Waals surface area contributed by atoms with Gasteiger partial charge in [-0.05, 0) is 36.4 Å². The van der Waals surface area contributed by atoms with Crippen molar-refractivity contribution in [2.45, 2.75) is 30.7 Å². The van der Waals surface area contributed by atoms with E-state index in [1.165, 1.54) is 10.7 Å². The number of fused-ring (bicyclic) bond motifs is 1. The van der Waals surface area contributed by atoms with Crippen molar-refractivity contribution in [1.82, 2.24) is 9.78 Å². The summed E-state index contributed by atoms with van der Waals surface area (Å²) in [5, 5.41) is 53.0. The number of aromatic nitrogens is 2. The van der Waals surface area contributed by atoms with Crippen LogP contribution in [0.15, 0.2) is 47.3 Å². The summed E-state index contributed by atoms with van der Waals surface area (Å²) in [4.78, 5) is 24.7. The lowest BCUT2D eigenvalue weighted by atomic mass is 9.99. The van der Waals surface area contributed by atoms with E-state index in [2.05, 4.69) is 5.10 Å². The van der Waals surface area contributed by atoms with Crippen LogP contribution in [-0.4, -0.2) is 91.8 Å². The fourth-order valence-electron chi connectivity index (χ4n) is 3.80. The normalized spacial score (nSPS) is 24.1. The Hall–Kier alpha value is -3.10. The summed E-state index contributed by atoms with van der Waals surface area (Å²) in [5.41, 5.74) is -0.783. The number of aliphatic hydroxyl groups excluding tert-OH is 4. The fraction of sp³-hybridized carbons (Fsp3) is 0.348. The SMILES string of the molecule is O=C(O)c1nn(-c2ccc(Cl)cc2)c2cccc(OCCO[C@@H]3O[C@H](CO)[C@@H](O)[C@H](O)[C@H]3O)c2c1=O. The molecule has 13 heteroatoms. The minimum atomic E-state index is -1.59. The molecule has 5 atom stereocenters. The van der Waals surface area contributed by atoms with E-state index in [0.29, 0.717) is 16.2 Å². The van der Waals surface area contributed by atoms with Gasteiger partial charge in [0.25, 0.3) is 0 Å². The number of carboxylic acids is 1. The zero-order chi connectivity index (χ0) is 26.0. The van der Waals surface area contributed by atoms with Gasteiger partial charge in [-0.1, -0.05) is 17.7 Å². The highest BCUT2D eigenvalue weighted by Gasteiger charge is 2.43. The van der Waals surface area contributed by atoms with Crippen molar-refractivity contribution in [3.05, 3.63) is 63.4 Å². The molecule has 5 N–H and O–H groups in total. The maximum absolute atomic E-state index is 13.0. The Kier molecular flexibility index (Phi) is 7.85. The van der Waals surface area contributed by atoms with Gasteiger partial charge in [-0.15, -0.1) is 0 Å². The summed E-state index contributed by atoms with van der Waals surface area (Å²) in [7, 11) is 0. The van der Waals surface area contributed by atoms with Gasteiger partial charge in [0.2, 0.25) is 11.1 Å². The molecule has 0 unspecified atom stereocenters. The lowest BCUT2D eigenvalue weighted by Gasteiger charge is -2.39. The molecule has 12 nitrogen and oxygen atoms in total. The van der Waals surface area contributed by atoms with Gasteiger partial charge >= 0.3 is 5.97 Å². The quantitative estimate of drug-likeness (QED) is 0.250. The highest BCUT2D eigenvalue weighted by atomic mass is 35.5. The summed E-state index contributed by atoms with van der Waals surface area (Å²) in [6, 6.07) is 11.1. The van der Waals surface area contributed by atoms with Crippen LogP contribution in [0.3, 0.4) is 0 Å². The first-order valence-corrected chi connectivity index (χ1v) is 11.2. The lowest BCUT2D eigenvalue weighted by Crippen LogP contribution is -2.59. The van der Waals surface area contributed by atoms with E-state index >= 15 is 0 Å². The second kappa shape index (κ2) is 10.9.